The van der Waals surface area contributed by atoms with E-state index in [2.05, 4.69) is 14.8 Å². The van der Waals surface area contributed by atoms with Gasteiger partial charge in [0, 0.05) is 29.4 Å². The van der Waals surface area contributed by atoms with E-state index in [0.717, 1.165) is 5.56 Å². The third-order valence-corrected chi connectivity index (χ3v) is 7.65. The van der Waals surface area contributed by atoms with E-state index < -0.39 is 26.0 Å². The SMILES string of the molecule is Cc1ccc(NS(=O)(=O)c2ccc(NC(=O)CCNS(=O)(=O)c3ccc(Cl)cc3)cc2)cc1. The predicted octanol–water partition coefficient (Wildman–Crippen LogP) is 3.76. The van der Waals surface area contributed by atoms with E-state index in [9.17, 15) is 21.6 Å². The number of hydrogen-bond acceptors (Lipinski definition) is 5. The van der Waals surface area contributed by atoms with Gasteiger partial charge in [-0.3, -0.25) is 9.52 Å². The van der Waals surface area contributed by atoms with Gasteiger partial charge in [0.1, 0.15) is 0 Å². The minimum Gasteiger partial charge on any atom is -0.326 e. The van der Waals surface area contributed by atoms with E-state index in [-0.39, 0.29) is 22.8 Å². The first-order chi connectivity index (χ1) is 15.5. The Morgan fingerprint density at radius 1 is 0.758 bits per heavy atom. The molecule has 0 bridgehead atoms. The fourth-order valence-electron chi connectivity index (χ4n) is 2.77. The number of rotatable bonds is 9. The van der Waals surface area contributed by atoms with Gasteiger partial charge < -0.3 is 5.32 Å². The summed E-state index contributed by atoms with van der Waals surface area (Å²) in [7, 11) is -7.54. The van der Waals surface area contributed by atoms with Crippen molar-refractivity contribution >= 4 is 48.9 Å². The molecule has 0 fully saturated rings. The van der Waals surface area contributed by atoms with E-state index >= 15 is 0 Å². The van der Waals surface area contributed by atoms with Gasteiger partial charge in [0.2, 0.25) is 15.9 Å². The molecule has 0 aliphatic heterocycles. The minimum absolute atomic E-state index is 0.0387. The van der Waals surface area contributed by atoms with Gasteiger partial charge in [-0.25, -0.2) is 21.6 Å². The quantitative estimate of drug-likeness (QED) is 0.407. The van der Waals surface area contributed by atoms with Crippen molar-refractivity contribution in [1.29, 1.82) is 0 Å². The van der Waals surface area contributed by atoms with E-state index in [1.54, 1.807) is 24.3 Å². The predicted molar refractivity (Wildman–Crippen MR) is 128 cm³/mol. The summed E-state index contributed by atoms with van der Waals surface area (Å²) in [4.78, 5) is 12.2. The maximum atomic E-state index is 12.5. The lowest BCUT2D eigenvalue weighted by atomic mass is 10.2. The normalized spacial score (nSPS) is 11.7. The van der Waals surface area contributed by atoms with Crippen LogP contribution in [0.1, 0.15) is 12.0 Å². The van der Waals surface area contributed by atoms with Crippen LogP contribution in [-0.4, -0.2) is 29.3 Å². The van der Waals surface area contributed by atoms with Crippen LogP contribution in [-0.2, 0) is 24.8 Å². The molecule has 0 heterocycles. The van der Waals surface area contributed by atoms with Crippen molar-refractivity contribution in [3.05, 3.63) is 83.4 Å². The standard InChI is InChI=1S/C22H22ClN3O5S2/c1-16-2-6-19(7-3-16)26-33(30,31)21-12-8-18(9-13-21)25-22(27)14-15-24-32(28,29)20-10-4-17(23)5-11-20/h2-13,24,26H,14-15H2,1H3,(H,25,27). The monoisotopic (exact) mass is 507 g/mol. The maximum Gasteiger partial charge on any atom is 0.261 e. The first kappa shape index (κ1) is 24.7. The lowest BCUT2D eigenvalue weighted by Crippen LogP contribution is -2.27. The highest BCUT2D eigenvalue weighted by Gasteiger charge is 2.16. The van der Waals surface area contributed by atoms with E-state index in [0.29, 0.717) is 16.4 Å². The number of aryl methyl sites for hydroxylation is 1. The second-order valence-corrected chi connectivity index (χ2v) is 11.0. The number of benzene rings is 3. The Bertz CT molecular complexity index is 1320. The molecule has 0 atom stereocenters. The van der Waals surface area contributed by atoms with Gasteiger partial charge in [0.25, 0.3) is 10.0 Å². The zero-order chi connectivity index (χ0) is 24.1. The van der Waals surface area contributed by atoms with Crippen LogP contribution in [0.2, 0.25) is 5.02 Å². The Hall–Kier alpha value is -2.92. The molecule has 0 spiro atoms. The third kappa shape index (κ3) is 7.03. The number of carbonyl (C=O) groups is 1. The molecule has 3 rings (SSSR count). The van der Waals surface area contributed by atoms with Gasteiger partial charge in [-0.15, -0.1) is 0 Å². The lowest BCUT2D eigenvalue weighted by molar-refractivity contribution is -0.116. The van der Waals surface area contributed by atoms with Crippen LogP contribution in [0.5, 0.6) is 0 Å². The molecule has 3 N–H and O–H groups in total. The van der Waals surface area contributed by atoms with E-state index in [1.807, 2.05) is 6.92 Å². The third-order valence-electron chi connectivity index (χ3n) is 4.52. The van der Waals surface area contributed by atoms with Crippen LogP contribution >= 0.6 is 11.6 Å². The number of halogens is 1. The van der Waals surface area contributed by atoms with Crippen LogP contribution in [0.3, 0.4) is 0 Å². The summed E-state index contributed by atoms with van der Waals surface area (Å²) in [6.07, 6.45) is -0.109. The van der Waals surface area contributed by atoms with Gasteiger partial charge in [-0.2, -0.15) is 0 Å². The molecule has 0 aliphatic rings. The van der Waals surface area contributed by atoms with Gasteiger partial charge >= 0.3 is 0 Å². The topological polar surface area (TPSA) is 121 Å². The summed E-state index contributed by atoms with van der Waals surface area (Å²) in [6, 6.07) is 18.3. The van der Waals surface area contributed by atoms with Gasteiger partial charge in [-0.05, 0) is 67.6 Å². The molecule has 8 nitrogen and oxygen atoms in total. The van der Waals surface area contributed by atoms with Gasteiger partial charge in [-0.1, -0.05) is 29.3 Å². The van der Waals surface area contributed by atoms with E-state index in [1.165, 1.54) is 48.5 Å². The second-order valence-electron chi connectivity index (χ2n) is 7.15. The number of anilines is 2. The fourth-order valence-corrected chi connectivity index (χ4v) is 4.99. The summed E-state index contributed by atoms with van der Waals surface area (Å²) >= 11 is 5.76. The van der Waals surface area contributed by atoms with Crippen LogP contribution in [0.4, 0.5) is 11.4 Å². The molecule has 33 heavy (non-hydrogen) atoms. The molecule has 174 valence electrons. The average molecular weight is 508 g/mol. The van der Waals surface area contributed by atoms with Crippen LogP contribution in [0.25, 0.3) is 0 Å². The highest BCUT2D eigenvalue weighted by atomic mass is 35.5. The number of hydrogen-bond donors (Lipinski definition) is 3. The van der Waals surface area contributed by atoms with Crippen molar-refractivity contribution in [1.82, 2.24) is 4.72 Å². The molecule has 0 saturated heterocycles. The number of carbonyl (C=O) groups excluding carboxylic acids is 1. The smallest absolute Gasteiger partial charge is 0.261 e. The van der Waals surface area contributed by atoms with Gasteiger partial charge in [0.15, 0.2) is 0 Å². The largest absolute Gasteiger partial charge is 0.326 e. The molecule has 11 heteroatoms. The Morgan fingerprint density at radius 3 is 1.88 bits per heavy atom. The molecule has 0 aromatic heterocycles. The van der Waals surface area contributed by atoms with Crippen molar-refractivity contribution in [3.63, 3.8) is 0 Å². The van der Waals surface area contributed by atoms with Crippen molar-refractivity contribution in [2.24, 2.45) is 0 Å². The summed E-state index contributed by atoms with van der Waals surface area (Å²) in [5.74, 6) is -0.429. The molecule has 0 saturated carbocycles. The van der Waals surface area contributed by atoms with Crippen molar-refractivity contribution in [2.75, 3.05) is 16.6 Å². The van der Waals surface area contributed by atoms with Crippen LogP contribution in [0, 0.1) is 6.92 Å². The molecule has 0 unspecified atom stereocenters. The average Bonchev–Trinajstić information content (AvgIpc) is 2.76. The van der Waals surface area contributed by atoms with Crippen molar-refractivity contribution in [2.45, 2.75) is 23.1 Å². The highest BCUT2D eigenvalue weighted by molar-refractivity contribution is 7.92. The molecule has 1 amide bonds. The lowest BCUT2D eigenvalue weighted by Gasteiger charge is -2.10. The van der Waals surface area contributed by atoms with Crippen LogP contribution < -0.4 is 14.8 Å². The first-order valence-corrected chi connectivity index (χ1v) is 13.1. The second kappa shape index (κ2) is 10.3. The molecule has 3 aromatic carbocycles. The summed E-state index contributed by atoms with van der Waals surface area (Å²) in [6.45, 7) is 1.80. The molecule has 3 aromatic rings. The number of amides is 1. The first-order valence-electron chi connectivity index (χ1n) is 9.80. The summed E-state index contributed by atoms with van der Waals surface area (Å²) < 4.78 is 54.3. The minimum atomic E-state index is -3.78. The maximum absolute atomic E-state index is 12.5. The Labute approximate surface area is 198 Å². The van der Waals surface area contributed by atoms with E-state index in [4.69, 9.17) is 11.6 Å². The van der Waals surface area contributed by atoms with Crippen LogP contribution in [0.15, 0.2) is 82.6 Å². The fraction of sp³-hybridized carbons (Fsp3) is 0.136. The zero-order valence-electron chi connectivity index (χ0n) is 17.6. The Kier molecular flexibility index (Phi) is 7.75. The van der Waals surface area contributed by atoms with Gasteiger partial charge in [0.05, 0.1) is 9.79 Å². The molecule has 0 radical (unpaired) electrons. The molecule has 0 aliphatic carbocycles. The number of nitrogens with one attached hydrogen (secondary N) is 3. The van der Waals surface area contributed by atoms with Crippen molar-refractivity contribution in [3.8, 4) is 0 Å². The zero-order valence-corrected chi connectivity index (χ0v) is 20.0. The molecular formula is C22H22ClN3O5S2. The summed E-state index contributed by atoms with van der Waals surface area (Å²) in [5, 5.41) is 3.02. The highest BCUT2D eigenvalue weighted by Crippen LogP contribution is 2.19. The van der Waals surface area contributed by atoms with Crippen molar-refractivity contribution < 1.29 is 21.6 Å². The number of sulfonamides is 2. The molecular weight excluding hydrogens is 486 g/mol. The Balaban J connectivity index is 1.53. The summed E-state index contributed by atoms with van der Waals surface area (Å²) in [5.41, 5.74) is 1.84. The Morgan fingerprint density at radius 2 is 1.27 bits per heavy atom.